The largest absolute Gasteiger partial charge is 0.317 e. The molecule has 0 aromatic carbocycles. The van der Waals surface area contributed by atoms with Gasteiger partial charge in [0.15, 0.2) is 0 Å². The first kappa shape index (κ1) is 12.5. The fraction of sp³-hybridized carbons (Fsp3) is 0.818. The lowest BCUT2D eigenvalue weighted by atomic mass is 10.3. The maximum absolute atomic E-state index is 5.28. The summed E-state index contributed by atoms with van der Waals surface area (Å²) >= 11 is 0. The molecule has 0 saturated carbocycles. The van der Waals surface area contributed by atoms with Crippen LogP contribution in [-0.4, -0.2) is 37.6 Å². The average Bonchev–Trinajstić information content (AvgIpc) is 2.13. The Labute approximate surface area is 82.7 Å². The van der Waals surface area contributed by atoms with Crippen molar-refractivity contribution in [2.24, 2.45) is 0 Å². The van der Waals surface area contributed by atoms with Crippen molar-refractivity contribution in [2.75, 3.05) is 32.7 Å². The highest BCUT2D eigenvalue weighted by Gasteiger charge is 1.99. The van der Waals surface area contributed by atoms with E-state index in [1.165, 1.54) is 12.8 Å². The summed E-state index contributed by atoms with van der Waals surface area (Å²) in [6, 6.07) is 0. The quantitative estimate of drug-likeness (QED) is 0.450. The minimum atomic E-state index is 0.792. The van der Waals surface area contributed by atoms with Crippen LogP contribution in [0.25, 0.3) is 0 Å². The Bertz CT molecular complexity index is 138. The minimum Gasteiger partial charge on any atom is -0.317 e. The van der Waals surface area contributed by atoms with E-state index >= 15 is 0 Å². The van der Waals surface area contributed by atoms with Gasteiger partial charge < -0.3 is 5.32 Å². The fourth-order valence-electron chi connectivity index (χ4n) is 1.32. The summed E-state index contributed by atoms with van der Waals surface area (Å²) in [6.07, 6.45) is 7.66. The Morgan fingerprint density at radius 1 is 1.31 bits per heavy atom. The molecule has 0 aromatic heterocycles. The molecule has 0 aliphatic heterocycles. The smallest absolute Gasteiger partial charge is 0.0598 e. The molecule has 0 aliphatic carbocycles. The monoisotopic (exact) mass is 182 g/mol. The lowest BCUT2D eigenvalue weighted by Gasteiger charge is -2.18. The van der Waals surface area contributed by atoms with Crippen LogP contribution >= 0.6 is 0 Å². The molecule has 2 heteroatoms. The van der Waals surface area contributed by atoms with Crippen molar-refractivity contribution >= 4 is 0 Å². The summed E-state index contributed by atoms with van der Waals surface area (Å²) in [5.41, 5.74) is 0. The van der Waals surface area contributed by atoms with Crippen LogP contribution in [0.5, 0.6) is 0 Å². The molecule has 13 heavy (non-hydrogen) atoms. The molecule has 0 bridgehead atoms. The molecule has 0 amide bonds. The maximum Gasteiger partial charge on any atom is 0.0598 e. The van der Waals surface area contributed by atoms with Gasteiger partial charge in [0.1, 0.15) is 0 Å². The van der Waals surface area contributed by atoms with Gasteiger partial charge in [-0.25, -0.2) is 0 Å². The van der Waals surface area contributed by atoms with Gasteiger partial charge in [-0.15, -0.1) is 6.42 Å². The lowest BCUT2D eigenvalue weighted by Crippen LogP contribution is -2.28. The Hall–Kier alpha value is -0.520. The summed E-state index contributed by atoms with van der Waals surface area (Å²) in [5, 5.41) is 3.31. The summed E-state index contributed by atoms with van der Waals surface area (Å²) in [5.74, 6) is 2.70. The molecular formula is C11H22N2. The van der Waals surface area contributed by atoms with Crippen LogP contribution in [0.4, 0.5) is 0 Å². The second-order valence-corrected chi connectivity index (χ2v) is 3.19. The van der Waals surface area contributed by atoms with Gasteiger partial charge in [-0.05, 0) is 32.5 Å². The van der Waals surface area contributed by atoms with Crippen molar-refractivity contribution in [3.8, 4) is 12.3 Å². The van der Waals surface area contributed by atoms with E-state index in [2.05, 4.69) is 30.0 Å². The molecular weight excluding hydrogens is 160 g/mol. The van der Waals surface area contributed by atoms with Gasteiger partial charge in [0.25, 0.3) is 0 Å². The number of hydrogen-bond acceptors (Lipinski definition) is 2. The molecule has 1 N–H and O–H groups in total. The Balaban J connectivity index is 3.40. The number of rotatable bonds is 8. The van der Waals surface area contributed by atoms with Gasteiger partial charge in [0.05, 0.1) is 6.54 Å². The Morgan fingerprint density at radius 2 is 2.08 bits per heavy atom. The average molecular weight is 182 g/mol. The fourth-order valence-corrected chi connectivity index (χ4v) is 1.32. The van der Waals surface area contributed by atoms with Crippen molar-refractivity contribution in [3.63, 3.8) is 0 Å². The molecule has 76 valence electrons. The highest BCUT2D eigenvalue weighted by molar-refractivity contribution is 4.87. The molecule has 0 aliphatic rings. The zero-order valence-electron chi connectivity index (χ0n) is 8.97. The zero-order chi connectivity index (χ0) is 9.94. The van der Waals surface area contributed by atoms with Gasteiger partial charge in [0.2, 0.25) is 0 Å². The minimum absolute atomic E-state index is 0.792. The molecule has 0 fully saturated rings. The van der Waals surface area contributed by atoms with Gasteiger partial charge in [-0.1, -0.05) is 19.8 Å². The molecule has 0 rings (SSSR count). The molecule has 0 spiro atoms. The van der Waals surface area contributed by atoms with Crippen molar-refractivity contribution in [2.45, 2.75) is 26.7 Å². The van der Waals surface area contributed by atoms with E-state index in [9.17, 15) is 0 Å². The summed E-state index contributed by atoms with van der Waals surface area (Å²) in [7, 11) is 0. The third-order valence-corrected chi connectivity index (χ3v) is 1.93. The SMILES string of the molecule is C#CCN(CCC)CCCNCC. The third kappa shape index (κ3) is 7.83. The van der Waals surface area contributed by atoms with Gasteiger partial charge >= 0.3 is 0 Å². The first-order chi connectivity index (χ1) is 6.35. The van der Waals surface area contributed by atoms with Gasteiger partial charge in [-0.3, -0.25) is 4.90 Å². The maximum atomic E-state index is 5.28. The zero-order valence-corrected chi connectivity index (χ0v) is 8.97. The standard InChI is InChI=1S/C11H22N2/c1-4-9-13(10-5-2)11-7-8-12-6-3/h1,12H,5-11H2,2-3H3. The van der Waals surface area contributed by atoms with Crippen LogP contribution in [0.15, 0.2) is 0 Å². The second kappa shape index (κ2) is 9.57. The predicted molar refractivity (Wildman–Crippen MR) is 58.7 cm³/mol. The van der Waals surface area contributed by atoms with E-state index in [1.807, 2.05) is 0 Å². The predicted octanol–water partition coefficient (Wildman–Crippen LogP) is 1.33. The normalized spacial score (nSPS) is 10.3. The van der Waals surface area contributed by atoms with Gasteiger partial charge in [-0.2, -0.15) is 0 Å². The Morgan fingerprint density at radius 3 is 2.62 bits per heavy atom. The van der Waals surface area contributed by atoms with Crippen LogP contribution in [-0.2, 0) is 0 Å². The van der Waals surface area contributed by atoms with Crippen LogP contribution < -0.4 is 5.32 Å². The Kier molecular flexibility index (Phi) is 9.18. The van der Waals surface area contributed by atoms with E-state index in [0.717, 1.165) is 32.7 Å². The van der Waals surface area contributed by atoms with E-state index in [-0.39, 0.29) is 0 Å². The van der Waals surface area contributed by atoms with Crippen molar-refractivity contribution in [1.82, 2.24) is 10.2 Å². The number of nitrogens with zero attached hydrogens (tertiary/aromatic N) is 1. The van der Waals surface area contributed by atoms with Crippen molar-refractivity contribution < 1.29 is 0 Å². The van der Waals surface area contributed by atoms with Crippen LogP contribution in [0.3, 0.4) is 0 Å². The highest BCUT2D eigenvalue weighted by Crippen LogP contribution is 1.92. The lowest BCUT2D eigenvalue weighted by molar-refractivity contribution is 0.302. The van der Waals surface area contributed by atoms with Crippen molar-refractivity contribution in [3.05, 3.63) is 0 Å². The molecule has 0 radical (unpaired) electrons. The topological polar surface area (TPSA) is 15.3 Å². The number of hydrogen-bond donors (Lipinski definition) is 1. The van der Waals surface area contributed by atoms with Gasteiger partial charge in [0, 0.05) is 6.54 Å². The van der Waals surface area contributed by atoms with Crippen LogP contribution in [0.2, 0.25) is 0 Å². The summed E-state index contributed by atoms with van der Waals surface area (Å²) < 4.78 is 0. The van der Waals surface area contributed by atoms with E-state index in [0.29, 0.717) is 0 Å². The molecule has 2 nitrogen and oxygen atoms in total. The number of terminal acetylenes is 1. The molecule has 0 aromatic rings. The van der Waals surface area contributed by atoms with Crippen molar-refractivity contribution in [1.29, 1.82) is 0 Å². The summed E-state index contributed by atoms with van der Waals surface area (Å²) in [6.45, 7) is 9.50. The first-order valence-corrected chi connectivity index (χ1v) is 5.21. The highest BCUT2D eigenvalue weighted by atomic mass is 15.1. The number of nitrogens with one attached hydrogen (secondary N) is 1. The van der Waals surface area contributed by atoms with E-state index < -0.39 is 0 Å². The second-order valence-electron chi connectivity index (χ2n) is 3.19. The van der Waals surface area contributed by atoms with E-state index in [1.54, 1.807) is 0 Å². The molecule has 0 saturated heterocycles. The molecule has 0 heterocycles. The third-order valence-electron chi connectivity index (χ3n) is 1.93. The first-order valence-electron chi connectivity index (χ1n) is 5.21. The van der Waals surface area contributed by atoms with E-state index in [4.69, 9.17) is 6.42 Å². The summed E-state index contributed by atoms with van der Waals surface area (Å²) in [4.78, 5) is 2.33. The molecule has 0 atom stereocenters. The van der Waals surface area contributed by atoms with Crippen LogP contribution in [0.1, 0.15) is 26.7 Å². The molecule has 0 unspecified atom stereocenters. The van der Waals surface area contributed by atoms with Crippen LogP contribution in [0, 0.1) is 12.3 Å².